The molecule has 410 valence electrons. The lowest BCUT2D eigenvalue weighted by atomic mass is 10.0. The molecule has 6 heteroatoms. The average molecular weight is 975 g/mol. The van der Waals surface area contributed by atoms with Crippen molar-refractivity contribution in [1.82, 2.24) is 5.32 Å². The van der Waals surface area contributed by atoms with E-state index in [1.54, 1.807) is 0 Å². The maximum atomic E-state index is 12.5. The fraction of sp³-hybridized carbons (Fsp3) is 0.937. The summed E-state index contributed by atoms with van der Waals surface area (Å²) < 4.78 is 5.47. The summed E-state index contributed by atoms with van der Waals surface area (Å²) in [5.41, 5.74) is 0. The van der Waals surface area contributed by atoms with Gasteiger partial charge in [-0.25, -0.2) is 0 Å². The third-order valence-electron chi connectivity index (χ3n) is 14.8. The Morgan fingerprint density at radius 3 is 1.03 bits per heavy atom. The van der Waals surface area contributed by atoms with Crippen LogP contribution >= 0.6 is 0 Å². The number of hydrogen-bond donors (Lipinski definition) is 3. The first-order valence-corrected chi connectivity index (χ1v) is 31.4. The Kier molecular flexibility index (Phi) is 58.0. The predicted molar refractivity (Wildman–Crippen MR) is 301 cm³/mol. The second-order valence-corrected chi connectivity index (χ2v) is 21.7. The molecule has 0 aliphatic rings. The molecule has 0 aromatic heterocycles. The largest absolute Gasteiger partial charge is 0.466 e. The van der Waals surface area contributed by atoms with Gasteiger partial charge >= 0.3 is 5.97 Å². The van der Waals surface area contributed by atoms with Crippen molar-refractivity contribution in [2.24, 2.45) is 0 Å². The van der Waals surface area contributed by atoms with E-state index in [1.807, 2.05) is 0 Å². The van der Waals surface area contributed by atoms with Gasteiger partial charge in [0, 0.05) is 12.8 Å². The molecular formula is C63H123NO5. The fourth-order valence-corrected chi connectivity index (χ4v) is 9.99. The number of esters is 1. The monoisotopic (exact) mass is 974 g/mol. The molecule has 0 rings (SSSR count). The molecule has 69 heavy (non-hydrogen) atoms. The van der Waals surface area contributed by atoms with Crippen molar-refractivity contribution < 1.29 is 24.5 Å². The molecule has 0 fully saturated rings. The van der Waals surface area contributed by atoms with E-state index in [1.165, 1.54) is 270 Å². The Bertz CT molecular complexity index is 1030. The highest BCUT2D eigenvalue weighted by atomic mass is 16.5. The number of nitrogens with one attached hydrogen (secondary N) is 1. The Balaban J connectivity index is 3.44. The van der Waals surface area contributed by atoms with Crippen molar-refractivity contribution in [3.8, 4) is 0 Å². The minimum absolute atomic E-state index is 0.00149. The second kappa shape index (κ2) is 59.2. The SMILES string of the molecule is CCCCCCCCCCCCCCCCCCCCCCCC(O)C(CO)NC(=O)CCCCCCCCC/C=C\CCCCCCCCOC(=O)CCCCCCCCCCCCCCCC. The van der Waals surface area contributed by atoms with Crippen LogP contribution in [-0.4, -0.2) is 47.4 Å². The zero-order valence-corrected chi connectivity index (χ0v) is 46.8. The smallest absolute Gasteiger partial charge is 0.305 e. The summed E-state index contributed by atoms with van der Waals surface area (Å²) in [6.07, 6.45) is 70.7. The van der Waals surface area contributed by atoms with Crippen molar-refractivity contribution in [3.63, 3.8) is 0 Å². The molecule has 3 N–H and O–H groups in total. The maximum absolute atomic E-state index is 12.5. The molecule has 0 saturated heterocycles. The van der Waals surface area contributed by atoms with E-state index < -0.39 is 12.1 Å². The lowest BCUT2D eigenvalue weighted by molar-refractivity contribution is -0.143. The molecule has 0 radical (unpaired) electrons. The van der Waals surface area contributed by atoms with Crippen molar-refractivity contribution in [3.05, 3.63) is 12.2 Å². The molecule has 0 heterocycles. The van der Waals surface area contributed by atoms with Crippen LogP contribution in [0.3, 0.4) is 0 Å². The van der Waals surface area contributed by atoms with Crippen molar-refractivity contribution >= 4 is 11.9 Å². The molecule has 0 aliphatic carbocycles. The van der Waals surface area contributed by atoms with Crippen LogP contribution in [0.2, 0.25) is 0 Å². The third-order valence-corrected chi connectivity index (χ3v) is 14.8. The number of aliphatic hydroxyl groups is 2. The van der Waals surface area contributed by atoms with Crippen LogP contribution in [0, 0.1) is 0 Å². The molecule has 0 aromatic rings. The van der Waals surface area contributed by atoms with Gasteiger partial charge in [-0.1, -0.05) is 302 Å². The number of rotatable bonds is 59. The first-order chi connectivity index (χ1) is 34.0. The number of ether oxygens (including phenoxy) is 1. The minimum atomic E-state index is -0.672. The molecule has 0 aliphatic heterocycles. The van der Waals surface area contributed by atoms with E-state index in [0.29, 0.717) is 25.9 Å². The van der Waals surface area contributed by atoms with Gasteiger partial charge in [0.25, 0.3) is 0 Å². The minimum Gasteiger partial charge on any atom is -0.466 e. The van der Waals surface area contributed by atoms with Crippen LogP contribution in [0.15, 0.2) is 12.2 Å². The van der Waals surface area contributed by atoms with E-state index in [9.17, 15) is 19.8 Å². The highest BCUT2D eigenvalue weighted by Gasteiger charge is 2.20. The van der Waals surface area contributed by atoms with Gasteiger partial charge in [-0.3, -0.25) is 9.59 Å². The van der Waals surface area contributed by atoms with E-state index >= 15 is 0 Å². The van der Waals surface area contributed by atoms with Crippen LogP contribution < -0.4 is 5.32 Å². The first-order valence-electron chi connectivity index (χ1n) is 31.4. The number of carbonyl (C=O) groups excluding carboxylic acids is 2. The van der Waals surface area contributed by atoms with Crippen molar-refractivity contribution in [2.45, 2.75) is 366 Å². The summed E-state index contributed by atoms with van der Waals surface area (Å²) in [6, 6.07) is -0.550. The molecular weight excluding hydrogens is 851 g/mol. The number of hydrogen-bond acceptors (Lipinski definition) is 5. The average Bonchev–Trinajstić information content (AvgIpc) is 3.35. The molecule has 0 aromatic carbocycles. The maximum Gasteiger partial charge on any atom is 0.305 e. The first kappa shape index (κ1) is 67.6. The van der Waals surface area contributed by atoms with Gasteiger partial charge < -0.3 is 20.3 Å². The normalized spacial score (nSPS) is 12.6. The van der Waals surface area contributed by atoms with E-state index in [2.05, 4.69) is 31.3 Å². The van der Waals surface area contributed by atoms with Gasteiger partial charge in [0.2, 0.25) is 5.91 Å². The predicted octanol–water partition coefficient (Wildman–Crippen LogP) is 19.6. The number of carbonyl (C=O) groups is 2. The topological polar surface area (TPSA) is 95.9 Å². The Morgan fingerprint density at radius 2 is 0.681 bits per heavy atom. The molecule has 2 unspecified atom stereocenters. The van der Waals surface area contributed by atoms with E-state index in [4.69, 9.17) is 4.74 Å². The number of allylic oxidation sites excluding steroid dienone is 2. The van der Waals surface area contributed by atoms with Crippen LogP contribution in [0.1, 0.15) is 354 Å². The van der Waals surface area contributed by atoms with Crippen molar-refractivity contribution in [1.29, 1.82) is 0 Å². The number of aliphatic hydroxyl groups excluding tert-OH is 2. The summed E-state index contributed by atoms with van der Waals surface area (Å²) in [4.78, 5) is 24.6. The lowest BCUT2D eigenvalue weighted by Gasteiger charge is -2.22. The van der Waals surface area contributed by atoms with E-state index in [0.717, 1.165) is 51.4 Å². The van der Waals surface area contributed by atoms with E-state index in [-0.39, 0.29) is 18.5 Å². The molecule has 0 saturated carbocycles. The standard InChI is InChI=1S/C63H123NO5/c1-3-5-7-9-11-13-15-17-19-20-21-22-23-25-28-31-35-39-43-47-51-55-61(66)60(59-65)64-62(67)56-52-48-44-40-36-32-29-26-24-27-30-34-38-42-46-50-54-58-69-63(68)57-53-49-45-41-37-33-18-16-14-12-10-8-6-4-2/h24,27,60-61,65-66H,3-23,25-26,28-59H2,1-2H3,(H,64,67)/b27-24-. The van der Waals surface area contributed by atoms with Crippen LogP contribution in [0.4, 0.5) is 0 Å². The van der Waals surface area contributed by atoms with Gasteiger partial charge in [0.1, 0.15) is 0 Å². The number of amides is 1. The lowest BCUT2D eigenvalue weighted by Crippen LogP contribution is -2.45. The van der Waals surface area contributed by atoms with Gasteiger partial charge in [-0.05, 0) is 51.4 Å². The second-order valence-electron chi connectivity index (χ2n) is 21.7. The van der Waals surface area contributed by atoms with Gasteiger partial charge in [-0.2, -0.15) is 0 Å². The number of unbranched alkanes of at least 4 members (excludes halogenated alkanes) is 46. The summed E-state index contributed by atoms with van der Waals surface area (Å²) in [7, 11) is 0. The van der Waals surface area contributed by atoms with Crippen molar-refractivity contribution in [2.75, 3.05) is 13.2 Å². The summed E-state index contributed by atoms with van der Waals surface area (Å²) in [5.74, 6) is -0.0415. The molecule has 1 amide bonds. The zero-order chi connectivity index (χ0) is 50.0. The van der Waals surface area contributed by atoms with Crippen LogP contribution in [0.25, 0.3) is 0 Å². The highest BCUT2D eigenvalue weighted by Crippen LogP contribution is 2.18. The molecule has 6 nitrogen and oxygen atoms in total. The van der Waals surface area contributed by atoms with Crippen LogP contribution in [0.5, 0.6) is 0 Å². The molecule has 0 bridgehead atoms. The summed E-state index contributed by atoms with van der Waals surface area (Å²) in [5, 5.41) is 23.4. The van der Waals surface area contributed by atoms with Crippen LogP contribution in [-0.2, 0) is 14.3 Å². The Morgan fingerprint density at radius 1 is 0.391 bits per heavy atom. The summed E-state index contributed by atoms with van der Waals surface area (Å²) >= 11 is 0. The third kappa shape index (κ3) is 55.8. The zero-order valence-electron chi connectivity index (χ0n) is 46.8. The summed E-state index contributed by atoms with van der Waals surface area (Å²) in [6.45, 7) is 4.96. The highest BCUT2D eigenvalue weighted by molar-refractivity contribution is 5.76. The fourth-order valence-electron chi connectivity index (χ4n) is 9.99. The molecule has 2 atom stereocenters. The quantitative estimate of drug-likeness (QED) is 0.0321. The van der Waals surface area contributed by atoms with Gasteiger partial charge in [0.05, 0.1) is 25.4 Å². The van der Waals surface area contributed by atoms with Gasteiger partial charge in [0.15, 0.2) is 0 Å². The Labute approximate surface area is 431 Å². The molecule has 0 spiro atoms. The van der Waals surface area contributed by atoms with Gasteiger partial charge in [-0.15, -0.1) is 0 Å². The Hall–Kier alpha value is -1.40.